The minimum absolute atomic E-state index is 0.303. The summed E-state index contributed by atoms with van der Waals surface area (Å²) in [7, 11) is 1.61. The summed E-state index contributed by atoms with van der Waals surface area (Å²) < 4.78 is 10.4. The van der Waals surface area contributed by atoms with Crippen LogP contribution in [0.1, 0.15) is 37.2 Å². The average molecular weight is 344 g/mol. The van der Waals surface area contributed by atoms with E-state index in [2.05, 4.69) is 22.2 Å². The Morgan fingerprint density at radius 3 is 3.00 bits per heavy atom. The van der Waals surface area contributed by atoms with Crippen molar-refractivity contribution in [2.75, 3.05) is 26.8 Å². The Kier molecular flexibility index (Phi) is 5.21. The van der Waals surface area contributed by atoms with E-state index in [1.807, 2.05) is 23.2 Å². The van der Waals surface area contributed by atoms with Gasteiger partial charge in [0.25, 0.3) is 0 Å². The SMILES string of the molecule is CCOC(=O)c1[nH]c2ccc(OC)cc2c1N=NN1CCCC(C)C1. The Bertz CT molecular complexity index is 784. The molecule has 0 amide bonds. The molecule has 0 saturated carbocycles. The molecule has 0 spiro atoms. The number of rotatable bonds is 5. The second kappa shape index (κ2) is 7.55. The monoisotopic (exact) mass is 344 g/mol. The Balaban J connectivity index is 1.99. The Morgan fingerprint density at radius 2 is 2.28 bits per heavy atom. The summed E-state index contributed by atoms with van der Waals surface area (Å²) >= 11 is 0. The van der Waals surface area contributed by atoms with Crippen molar-refractivity contribution in [3.63, 3.8) is 0 Å². The number of hydrogen-bond acceptors (Lipinski definition) is 5. The first-order valence-electron chi connectivity index (χ1n) is 8.65. The van der Waals surface area contributed by atoms with Crippen molar-refractivity contribution in [1.82, 2.24) is 9.99 Å². The lowest BCUT2D eigenvalue weighted by Crippen LogP contribution is -2.29. The summed E-state index contributed by atoms with van der Waals surface area (Å²) in [5.41, 5.74) is 1.61. The number of carbonyl (C=O) groups is 1. The van der Waals surface area contributed by atoms with Gasteiger partial charge in [-0.1, -0.05) is 12.1 Å². The largest absolute Gasteiger partial charge is 0.497 e. The number of esters is 1. The van der Waals surface area contributed by atoms with E-state index >= 15 is 0 Å². The minimum atomic E-state index is -0.432. The fourth-order valence-electron chi connectivity index (χ4n) is 3.09. The van der Waals surface area contributed by atoms with Crippen molar-refractivity contribution in [2.45, 2.75) is 26.7 Å². The zero-order valence-corrected chi connectivity index (χ0v) is 14.9. The smallest absolute Gasteiger partial charge is 0.357 e. The van der Waals surface area contributed by atoms with Gasteiger partial charge in [0.2, 0.25) is 0 Å². The van der Waals surface area contributed by atoms with Crippen LogP contribution in [-0.4, -0.2) is 42.8 Å². The highest BCUT2D eigenvalue weighted by Crippen LogP contribution is 2.34. The van der Waals surface area contributed by atoms with E-state index in [0.717, 1.165) is 30.4 Å². The lowest BCUT2D eigenvalue weighted by Gasteiger charge is -2.27. The van der Waals surface area contributed by atoms with Gasteiger partial charge in [0.15, 0.2) is 5.69 Å². The first-order chi connectivity index (χ1) is 12.1. The van der Waals surface area contributed by atoms with Crippen LogP contribution in [0.25, 0.3) is 10.9 Å². The van der Waals surface area contributed by atoms with E-state index in [4.69, 9.17) is 9.47 Å². The summed E-state index contributed by atoms with van der Waals surface area (Å²) in [6.07, 6.45) is 2.32. The second-order valence-electron chi connectivity index (χ2n) is 6.33. The summed E-state index contributed by atoms with van der Waals surface area (Å²) in [6, 6.07) is 5.54. The van der Waals surface area contributed by atoms with Gasteiger partial charge in [-0.25, -0.2) is 4.79 Å². The van der Waals surface area contributed by atoms with Gasteiger partial charge < -0.3 is 14.5 Å². The number of fused-ring (bicyclic) bond motifs is 1. The summed E-state index contributed by atoms with van der Waals surface area (Å²) in [4.78, 5) is 15.4. The zero-order valence-electron chi connectivity index (χ0n) is 14.9. The molecular formula is C18H24N4O3. The highest BCUT2D eigenvalue weighted by molar-refractivity contribution is 6.05. The number of nitrogens with zero attached hydrogens (tertiary/aromatic N) is 3. The zero-order chi connectivity index (χ0) is 17.8. The molecule has 1 unspecified atom stereocenters. The number of nitrogens with one attached hydrogen (secondary N) is 1. The molecular weight excluding hydrogens is 320 g/mol. The minimum Gasteiger partial charge on any atom is -0.497 e. The topological polar surface area (TPSA) is 79.3 Å². The van der Waals surface area contributed by atoms with Gasteiger partial charge in [-0.15, -0.1) is 5.11 Å². The van der Waals surface area contributed by atoms with E-state index in [1.54, 1.807) is 14.0 Å². The third-order valence-corrected chi connectivity index (χ3v) is 4.36. The van der Waals surface area contributed by atoms with Gasteiger partial charge in [-0.3, -0.25) is 5.01 Å². The normalized spacial score (nSPS) is 18.0. The van der Waals surface area contributed by atoms with E-state index in [1.165, 1.54) is 6.42 Å². The van der Waals surface area contributed by atoms with Gasteiger partial charge >= 0.3 is 5.97 Å². The van der Waals surface area contributed by atoms with Crippen LogP contribution in [0.4, 0.5) is 5.69 Å². The summed E-state index contributed by atoms with van der Waals surface area (Å²) in [5.74, 6) is 0.865. The number of H-pyrrole nitrogens is 1. The van der Waals surface area contributed by atoms with Crippen molar-refractivity contribution in [1.29, 1.82) is 0 Å². The van der Waals surface area contributed by atoms with E-state index in [-0.39, 0.29) is 0 Å². The fraction of sp³-hybridized carbons (Fsp3) is 0.500. The van der Waals surface area contributed by atoms with Crippen LogP contribution in [0, 0.1) is 5.92 Å². The molecule has 7 nitrogen and oxygen atoms in total. The molecule has 1 atom stereocenters. The van der Waals surface area contributed by atoms with Crippen molar-refractivity contribution in [2.24, 2.45) is 16.3 Å². The highest BCUT2D eigenvalue weighted by Gasteiger charge is 2.21. The number of carbonyl (C=O) groups excluding carboxylic acids is 1. The van der Waals surface area contributed by atoms with Gasteiger partial charge in [0, 0.05) is 24.0 Å². The summed E-state index contributed by atoms with van der Waals surface area (Å²) in [5, 5.41) is 11.5. The number of aromatic nitrogens is 1. The standard InChI is InChI=1S/C18H24N4O3/c1-4-25-18(23)17-16(20-21-22-9-5-6-12(2)11-22)14-10-13(24-3)7-8-15(14)19-17/h7-8,10,12,19H,4-6,9,11H2,1-3H3. The maximum absolute atomic E-state index is 12.3. The van der Waals surface area contributed by atoms with E-state index < -0.39 is 5.97 Å². The molecule has 3 rings (SSSR count). The first kappa shape index (κ1) is 17.3. The highest BCUT2D eigenvalue weighted by atomic mass is 16.5. The van der Waals surface area contributed by atoms with Crippen molar-refractivity contribution < 1.29 is 14.3 Å². The van der Waals surface area contributed by atoms with Crippen LogP contribution in [0.3, 0.4) is 0 Å². The molecule has 1 aliphatic rings. The molecule has 0 bridgehead atoms. The van der Waals surface area contributed by atoms with Crippen LogP contribution in [-0.2, 0) is 4.74 Å². The van der Waals surface area contributed by atoms with Crippen LogP contribution in [0.15, 0.2) is 28.5 Å². The molecule has 1 fully saturated rings. The van der Waals surface area contributed by atoms with Crippen molar-refractivity contribution in [3.8, 4) is 5.75 Å². The quantitative estimate of drug-likeness (QED) is 0.654. The van der Waals surface area contributed by atoms with E-state index in [9.17, 15) is 4.79 Å². The molecule has 2 heterocycles. The maximum Gasteiger partial charge on any atom is 0.357 e. The number of hydrogen-bond donors (Lipinski definition) is 1. The third-order valence-electron chi connectivity index (χ3n) is 4.36. The van der Waals surface area contributed by atoms with Crippen LogP contribution in [0.2, 0.25) is 0 Å². The molecule has 1 saturated heterocycles. The number of piperidine rings is 1. The lowest BCUT2D eigenvalue weighted by molar-refractivity contribution is 0.0521. The van der Waals surface area contributed by atoms with Crippen LogP contribution in [0.5, 0.6) is 5.75 Å². The predicted molar refractivity (Wildman–Crippen MR) is 95.3 cm³/mol. The first-order valence-corrected chi connectivity index (χ1v) is 8.65. The average Bonchev–Trinajstić information content (AvgIpc) is 2.98. The molecule has 1 N–H and O–H groups in total. The van der Waals surface area contributed by atoms with Crippen LogP contribution < -0.4 is 4.74 Å². The molecule has 7 heteroatoms. The number of aromatic amines is 1. The fourth-order valence-corrected chi connectivity index (χ4v) is 3.09. The van der Waals surface area contributed by atoms with Gasteiger partial charge in [-0.2, -0.15) is 0 Å². The predicted octanol–water partition coefficient (Wildman–Crippen LogP) is 4.08. The molecule has 1 aromatic heterocycles. The van der Waals surface area contributed by atoms with Gasteiger partial charge in [0.1, 0.15) is 11.4 Å². The van der Waals surface area contributed by atoms with Crippen molar-refractivity contribution in [3.05, 3.63) is 23.9 Å². The molecule has 0 radical (unpaired) electrons. The molecule has 25 heavy (non-hydrogen) atoms. The summed E-state index contributed by atoms with van der Waals surface area (Å²) in [6.45, 7) is 6.05. The van der Waals surface area contributed by atoms with E-state index in [0.29, 0.717) is 29.7 Å². The van der Waals surface area contributed by atoms with Gasteiger partial charge in [-0.05, 0) is 43.9 Å². The molecule has 134 valence electrons. The van der Waals surface area contributed by atoms with Crippen molar-refractivity contribution >= 4 is 22.6 Å². The Labute approximate surface area is 147 Å². The molecule has 1 aliphatic heterocycles. The molecule has 1 aromatic carbocycles. The number of ether oxygens (including phenoxy) is 2. The second-order valence-corrected chi connectivity index (χ2v) is 6.33. The Morgan fingerprint density at radius 1 is 1.44 bits per heavy atom. The number of benzene rings is 1. The Hall–Kier alpha value is -2.57. The molecule has 2 aromatic rings. The third kappa shape index (κ3) is 3.75. The molecule has 0 aliphatic carbocycles. The van der Waals surface area contributed by atoms with Crippen LogP contribution >= 0.6 is 0 Å². The maximum atomic E-state index is 12.3. The lowest BCUT2D eigenvalue weighted by atomic mass is 10.0. The number of methoxy groups -OCH3 is 1. The van der Waals surface area contributed by atoms with Gasteiger partial charge in [0.05, 0.1) is 13.7 Å².